The normalized spacial score (nSPS) is 30.7. The molecule has 6 atom stereocenters. The third-order valence-electron chi connectivity index (χ3n) is 9.35. The monoisotopic (exact) mass is 561 g/mol. The van der Waals surface area contributed by atoms with Crippen LogP contribution in [0, 0.1) is 29.1 Å². The summed E-state index contributed by atoms with van der Waals surface area (Å²) in [5, 5.41) is 0. The van der Waals surface area contributed by atoms with Gasteiger partial charge in [-0.15, -0.1) is 0 Å². The van der Waals surface area contributed by atoms with Gasteiger partial charge in [-0.1, -0.05) is 108 Å². The van der Waals surface area contributed by atoms with Crippen molar-refractivity contribution in [3.63, 3.8) is 0 Å². The van der Waals surface area contributed by atoms with Crippen LogP contribution in [0.1, 0.15) is 106 Å². The molecule has 1 fully saturated rings. The standard InChI is InChI=1S/C33H41NO.2C2H6.CH4.H2O/c1-23-17-28-20-26(18-25-11-7-4-8-12-25)19-27(21-31(28)34-23)29-13-14-32(33(2)22-30(29)33)35-16-15-24-9-5-3-6-10-24;2*1-2;;/h3-5,7-8,11-14,19,23-24,27-28,30H,6,9-10,15-18,20-22H2,1-2H3;2*1-2H3;1H4;1H2. The van der Waals surface area contributed by atoms with Gasteiger partial charge in [0.1, 0.15) is 5.76 Å². The molecule has 1 saturated carbocycles. The summed E-state index contributed by atoms with van der Waals surface area (Å²) in [6.45, 7) is 13.6. The molecular formula is C38H59NO2. The van der Waals surface area contributed by atoms with Crippen LogP contribution in [-0.4, -0.2) is 23.8 Å². The lowest BCUT2D eigenvalue weighted by molar-refractivity contribution is 0.151. The van der Waals surface area contributed by atoms with Crippen molar-refractivity contribution >= 4 is 5.71 Å². The Morgan fingerprint density at radius 1 is 1.00 bits per heavy atom. The molecule has 0 saturated heterocycles. The molecule has 0 bridgehead atoms. The highest BCUT2D eigenvalue weighted by Crippen LogP contribution is 2.64. The fourth-order valence-electron chi connectivity index (χ4n) is 7.22. The molecular weight excluding hydrogens is 502 g/mol. The second-order valence-electron chi connectivity index (χ2n) is 12.1. The van der Waals surface area contributed by atoms with E-state index in [0.717, 1.165) is 25.4 Å². The molecule has 1 heterocycles. The van der Waals surface area contributed by atoms with Crippen molar-refractivity contribution in [2.75, 3.05) is 6.61 Å². The number of hydrogen-bond acceptors (Lipinski definition) is 2. The second-order valence-corrected chi connectivity index (χ2v) is 12.1. The van der Waals surface area contributed by atoms with Crippen LogP contribution in [0.3, 0.4) is 0 Å². The molecule has 5 aliphatic rings. The van der Waals surface area contributed by atoms with E-state index in [4.69, 9.17) is 9.73 Å². The minimum Gasteiger partial charge on any atom is -0.497 e. The maximum atomic E-state index is 6.44. The van der Waals surface area contributed by atoms with Crippen molar-refractivity contribution in [1.29, 1.82) is 0 Å². The number of nitrogens with zero attached hydrogens (tertiary/aromatic N) is 1. The third-order valence-corrected chi connectivity index (χ3v) is 9.35. The van der Waals surface area contributed by atoms with Crippen molar-refractivity contribution < 1.29 is 10.2 Å². The van der Waals surface area contributed by atoms with E-state index in [9.17, 15) is 0 Å². The summed E-state index contributed by atoms with van der Waals surface area (Å²) >= 11 is 0. The molecule has 0 aromatic heterocycles. The number of aliphatic imine (C=N–C) groups is 1. The lowest BCUT2D eigenvalue weighted by atomic mass is 9.83. The Labute approximate surface area is 252 Å². The predicted molar refractivity (Wildman–Crippen MR) is 178 cm³/mol. The van der Waals surface area contributed by atoms with Crippen molar-refractivity contribution in [1.82, 2.24) is 0 Å². The minimum absolute atomic E-state index is 0. The van der Waals surface area contributed by atoms with E-state index in [2.05, 4.69) is 74.6 Å². The Morgan fingerprint density at radius 3 is 2.46 bits per heavy atom. The molecule has 228 valence electrons. The molecule has 41 heavy (non-hydrogen) atoms. The summed E-state index contributed by atoms with van der Waals surface area (Å²) < 4.78 is 6.44. The van der Waals surface area contributed by atoms with Gasteiger partial charge in [0.2, 0.25) is 0 Å². The van der Waals surface area contributed by atoms with Gasteiger partial charge in [0, 0.05) is 29.0 Å². The number of rotatable bonds is 7. The van der Waals surface area contributed by atoms with Crippen LogP contribution >= 0.6 is 0 Å². The van der Waals surface area contributed by atoms with E-state index in [-0.39, 0.29) is 18.3 Å². The first kappa shape index (κ1) is 34.8. The smallest absolute Gasteiger partial charge is 0.102 e. The first-order valence-corrected chi connectivity index (χ1v) is 16.1. The molecule has 1 aliphatic heterocycles. The van der Waals surface area contributed by atoms with E-state index in [1.165, 1.54) is 62.0 Å². The Bertz CT molecular complexity index is 1090. The van der Waals surface area contributed by atoms with Crippen molar-refractivity contribution in [3.8, 4) is 0 Å². The van der Waals surface area contributed by atoms with Crippen LogP contribution in [0.2, 0.25) is 0 Å². The lowest BCUT2D eigenvalue weighted by Gasteiger charge is -2.26. The molecule has 0 spiro atoms. The Balaban J connectivity index is 0.000000941. The van der Waals surface area contributed by atoms with Gasteiger partial charge >= 0.3 is 0 Å². The van der Waals surface area contributed by atoms with Crippen molar-refractivity contribution in [2.24, 2.45) is 34.1 Å². The topological polar surface area (TPSA) is 53.1 Å². The average Bonchev–Trinajstić information content (AvgIpc) is 3.61. The number of fused-ring (bicyclic) bond motifs is 2. The quantitative estimate of drug-likeness (QED) is 0.306. The van der Waals surface area contributed by atoms with Crippen molar-refractivity contribution in [3.05, 3.63) is 83.2 Å². The Hall–Kier alpha value is -2.39. The van der Waals surface area contributed by atoms with E-state index < -0.39 is 0 Å². The van der Waals surface area contributed by atoms with Crippen LogP contribution < -0.4 is 0 Å². The third kappa shape index (κ3) is 8.34. The average molecular weight is 562 g/mol. The number of ether oxygens (including phenoxy) is 1. The highest BCUT2D eigenvalue weighted by atomic mass is 16.5. The molecule has 6 rings (SSSR count). The van der Waals surface area contributed by atoms with Crippen LogP contribution in [0.15, 0.2) is 82.6 Å². The van der Waals surface area contributed by atoms with E-state index >= 15 is 0 Å². The maximum absolute atomic E-state index is 6.44. The molecule has 3 heteroatoms. The zero-order chi connectivity index (χ0) is 27.8. The molecule has 0 radical (unpaired) electrons. The summed E-state index contributed by atoms with van der Waals surface area (Å²) in [4.78, 5) is 5.12. The van der Waals surface area contributed by atoms with Gasteiger partial charge in [-0.25, -0.2) is 0 Å². The molecule has 3 nitrogen and oxygen atoms in total. The fourth-order valence-corrected chi connectivity index (χ4v) is 7.22. The van der Waals surface area contributed by atoms with Gasteiger partial charge in [-0.2, -0.15) is 0 Å². The summed E-state index contributed by atoms with van der Waals surface area (Å²) in [5.74, 6) is 3.81. The first-order chi connectivity index (χ1) is 19.1. The largest absolute Gasteiger partial charge is 0.497 e. The summed E-state index contributed by atoms with van der Waals surface area (Å²) in [6, 6.07) is 11.5. The predicted octanol–water partition coefficient (Wildman–Crippen LogP) is 9.89. The minimum atomic E-state index is 0. The number of hydrogen-bond donors (Lipinski definition) is 0. The summed E-state index contributed by atoms with van der Waals surface area (Å²) in [5.41, 5.74) is 6.37. The van der Waals surface area contributed by atoms with E-state index in [0.29, 0.717) is 23.8 Å². The lowest BCUT2D eigenvalue weighted by Crippen LogP contribution is -2.18. The second kappa shape index (κ2) is 16.3. The fraction of sp³-hybridized carbons (Fsp3) is 0.605. The Kier molecular flexibility index (Phi) is 13.8. The molecule has 6 unspecified atom stereocenters. The van der Waals surface area contributed by atoms with Gasteiger partial charge in [0.15, 0.2) is 0 Å². The van der Waals surface area contributed by atoms with Gasteiger partial charge in [-0.3, -0.25) is 4.99 Å². The van der Waals surface area contributed by atoms with Gasteiger partial charge < -0.3 is 10.2 Å². The number of benzene rings is 1. The Morgan fingerprint density at radius 2 is 1.76 bits per heavy atom. The first-order valence-electron chi connectivity index (χ1n) is 16.1. The zero-order valence-electron chi connectivity index (χ0n) is 26.1. The molecule has 0 amide bonds. The molecule has 2 N–H and O–H groups in total. The van der Waals surface area contributed by atoms with Crippen LogP contribution in [0.5, 0.6) is 0 Å². The SMILES string of the molecule is C.CC.CC.CC1CC2CC(Cc3ccccc3)=CC(C3=CC=C(OCCC4CC=CCC4)C4(C)CC34)CC2=N1.O. The highest BCUT2D eigenvalue weighted by molar-refractivity contribution is 5.90. The van der Waals surface area contributed by atoms with Crippen molar-refractivity contribution in [2.45, 2.75) is 113 Å². The van der Waals surface area contributed by atoms with E-state index in [1.54, 1.807) is 11.1 Å². The van der Waals surface area contributed by atoms with Gasteiger partial charge in [0.25, 0.3) is 0 Å². The summed E-state index contributed by atoms with van der Waals surface area (Å²) in [6.07, 6.45) is 22.9. The molecule has 1 aromatic carbocycles. The molecule has 1 aromatic rings. The van der Waals surface area contributed by atoms with E-state index in [1.807, 2.05) is 27.7 Å². The maximum Gasteiger partial charge on any atom is 0.102 e. The van der Waals surface area contributed by atoms with Crippen LogP contribution in [0.25, 0.3) is 0 Å². The number of allylic oxidation sites excluding steroid dienone is 8. The highest BCUT2D eigenvalue weighted by Gasteiger charge is 2.58. The van der Waals surface area contributed by atoms with Gasteiger partial charge in [0.05, 0.1) is 6.61 Å². The van der Waals surface area contributed by atoms with Crippen LogP contribution in [-0.2, 0) is 11.2 Å². The van der Waals surface area contributed by atoms with Crippen LogP contribution in [0.4, 0.5) is 0 Å². The van der Waals surface area contributed by atoms with Gasteiger partial charge in [-0.05, 0) is 88.2 Å². The molecule has 4 aliphatic carbocycles. The zero-order valence-corrected chi connectivity index (χ0v) is 26.1. The summed E-state index contributed by atoms with van der Waals surface area (Å²) in [7, 11) is 0.